The van der Waals surface area contributed by atoms with E-state index in [0.717, 1.165) is 0 Å². The van der Waals surface area contributed by atoms with E-state index in [2.05, 4.69) is 11.9 Å². The van der Waals surface area contributed by atoms with Crippen molar-refractivity contribution in [2.24, 2.45) is 0 Å². The van der Waals surface area contributed by atoms with Crippen LogP contribution in [-0.2, 0) is 30.4 Å². The van der Waals surface area contributed by atoms with Gasteiger partial charge in [-0.25, -0.2) is 9.59 Å². The van der Waals surface area contributed by atoms with E-state index >= 15 is 0 Å². The number of alkyl carbamates (subject to hydrolysis) is 1. The Morgan fingerprint density at radius 3 is 2.43 bits per heavy atom. The number of rotatable bonds is 9. The third-order valence-electron chi connectivity index (χ3n) is 3.36. The number of ether oxygens (including phenoxy) is 3. The molecule has 0 radical (unpaired) electrons. The molecule has 1 N–H and O–H groups in total. The molecule has 154 valence electrons. The first-order valence-electron chi connectivity index (χ1n) is 8.67. The number of amides is 1. The molecule has 0 heterocycles. The summed E-state index contributed by atoms with van der Waals surface area (Å²) in [6, 6.07) is 5.63. The molecule has 1 amide bonds. The molecule has 0 aliphatic carbocycles. The lowest BCUT2D eigenvalue weighted by atomic mass is 10.1. The molecule has 0 aromatic heterocycles. The van der Waals surface area contributed by atoms with E-state index in [4.69, 9.17) is 25.8 Å². The zero-order valence-electron chi connectivity index (χ0n) is 16.5. The first-order chi connectivity index (χ1) is 13.0. The summed E-state index contributed by atoms with van der Waals surface area (Å²) < 4.78 is 15.9. The van der Waals surface area contributed by atoms with Crippen molar-refractivity contribution in [3.63, 3.8) is 0 Å². The number of hydrogen-bond donors (Lipinski definition) is 1. The van der Waals surface area contributed by atoms with Crippen LogP contribution in [0.1, 0.15) is 33.3 Å². The van der Waals surface area contributed by atoms with E-state index in [1.807, 2.05) is 0 Å². The number of esters is 1. The zero-order valence-corrected chi connectivity index (χ0v) is 17.2. The topological polar surface area (TPSA) is 90.9 Å². The minimum absolute atomic E-state index is 0.0476. The summed E-state index contributed by atoms with van der Waals surface area (Å²) in [6.45, 7) is 9.62. The molecule has 1 rings (SSSR count). The van der Waals surface area contributed by atoms with Crippen LogP contribution in [0.5, 0.6) is 0 Å². The Hall–Kier alpha value is -2.38. The van der Waals surface area contributed by atoms with Gasteiger partial charge in [0, 0.05) is 5.02 Å². The van der Waals surface area contributed by atoms with Gasteiger partial charge >= 0.3 is 12.1 Å². The monoisotopic (exact) mass is 411 g/mol. The number of carbonyl (C=O) groups is 3. The Morgan fingerprint density at radius 1 is 1.25 bits per heavy atom. The highest BCUT2D eigenvalue weighted by molar-refractivity contribution is 6.31. The number of carbonyl (C=O) groups excluding carboxylic acids is 3. The van der Waals surface area contributed by atoms with Crippen LogP contribution in [0.2, 0.25) is 5.02 Å². The first kappa shape index (κ1) is 23.7. The maximum Gasteiger partial charge on any atom is 0.408 e. The summed E-state index contributed by atoms with van der Waals surface area (Å²) in [5, 5.41) is 2.80. The number of Topliss-reactive ketones (excluding diaryl/α,β-unsaturated/α-hetero) is 1. The Labute approximate surface area is 170 Å². The molecule has 0 saturated heterocycles. The highest BCUT2D eigenvalue weighted by Gasteiger charge is 2.37. The van der Waals surface area contributed by atoms with E-state index in [9.17, 15) is 14.4 Å². The molecule has 0 fully saturated rings. The van der Waals surface area contributed by atoms with Crippen molar-refractivity contribution in [2.75, 3.05) is 6.61 Å². The lowest BCUT2D eigenvalue weighted by molar-refractivity contribution is -0.172. The number of nitrogens with one attached hydrogen (secondary N) is 1. The maximum absolute atomic E-state index is 12.7. The van der Waals surface area contributed by atoms with Gasteiger partial charge in [0.25, 0.3) is 0 Å². The third-order valence-corrected chi connectivity index (χ3v) is 3.73. The van der Waals surface area contributed by atoms with E-state index in [0.29, 0.717) is 10.6 Å². The van der Waals surface area contributed by atoms with Gasteiger partial charge in [0.15, 0.2) is 11.9 Å². The predicted octanol–water partition coefficient (Wildman–Crippen LogP) is 3.44. The Kier molecular flexibility index (Phi) is 9.15. The average Bonchev–Trinajstić information content (AvgIpc) is 2.58. The largest absolute Gasteiger partial charge is 0.458 e. The molecule has 0 spiro atoms. The smallest absolute Gasteiger partial charge is 0.408 e. The highest BCUT2D eigenvalue weighted by Crippen LogP contribution is 2.19. The van der Waals surface area contributed by atoms with Crippen molar-refractivity contribution in [1.29, 1.82) is 0 Å². The number of halogens is 1. The maximum atomic E-state index is 12.7. The second kappa shape index (κ2) is 10.8. The number of benzene rings is 1. The number of ketones is 1. The van der Waals surface area contributed by atoms with Crippen molar-refractivity contribution in [2.45, 2.75) is 52.0 Å². The van der Waals surface area contributed by atoms with Crippen molar-refractivity contribution in [3.05, 3.63) is 47.5 Å². The Balaban J connectivity index is 3.05. The van der Waals surface area contributed by atoms with Crippen molar-refractivity contribution >= 4 is 29.4 Å². The fourth-order valence-electron chi connectivity index (χ4n) is 2.15. The first-order valence-corrected chi connectivity index (χ1v) is 9.05. The lowest BCUT2D eigenvalue weighted by Gasteiger charge is -2.28. The molecule has 1 unspecified atom stereocenters. The average molecular weight is 412 g/mol. The van der Waals surface area contributed by atoms with Crippen LogP contribution < -0.4 is 5.32 Å². The standard InChI is InChI=1S/C20H26ClNO6/c1-6-11-26-19(25)22-16(13(2)23)17(18(24)28-20(3,4)5)27-12-14-9-7-8-10-15(14)21/h6-10,16-17H,1,11-12H2,2-5H3,(H,22,25)/t16?,17-/m0/s1. The van der Waals surface area contributed by atoms with E-state index < -0.39 is 35.6 Å². The van der Waals surface area contributed by atoms with Crippen molar-refractivity contribution in [3.8, 4) is 0 Å². The van der Waals surface area contributed by atoms with Crippen LogP contribution in [-0.4, -0.2) is 42.2 Å². The zero-order chi connectivity index (χ0) is 21.3. The van der Waals surface area contributed by atoms with Gasteiger partial charge in [0.2, 0.25) is 0 Å². The van der Waals surface area contributed by atoms with Crippen molar-refractivity contribution < 1.29 is 28.6 Å². The van der Waals surface area contributed by atoms with Gasteiger partial charge in [-0.1, -0.05) is 42.5 Å². The highest BCUT2D eigenvalue weighted by atomic mass is 35.5. The molecule has 7 nitrogen and oxygen atoms in total. The molecule has 2 atom stereocenters. The second-order valence-electron chi connectivity index (χ2n) is 6.98. The molecule has 8 heteroatoms. The molecule has 0 saturated carbocycles. The summed E-state index contributed by atoms with van der Waals surface area (Å²) in [7, 11) is 0. The molecular weight excluding hydrogens is 386 g/mol. The van der Waals surface area contributed by atoms with E-state index in [1.54, 1.807) is 45.0 Å². The van der Waals surface area contributed by atoms with Gasteiger partial charge in [0.05, 0.1) is 6.61 Å². The molecular formula is C20H26ClNO6. The molecule has 28 heavy (non-hydrogen) atoms. The molecule has 1 aromatic carbocycles. The summed E-state index contributed by atoms with van der Waals surface area (Å²) in [5.74, 6) is -1.28. The van der Waals surface area contributed by atoms with Crippen molar-refractivity contribution in [1.82, 2.24) is 5.32 Å². The molecule has 0 aliphatic heterocycles. The van der Waals surface area contributed by atoms with E-state index in [1.165, 1.54) is 13.0 Å². The fourth-order valence-corrected chi connectivity index (χ4v) is 2.34. The molecule has 0 aliphatic rings. The molecule has 0 bridgehead atoms. The lowest BCUT2D eigenvalue weighted by Crippen LogP contribution is -2.53. The molecule has 1 aromatic rings. The van der Waals surface area contributed by atoms with Crippen LogP contribution in [0.3, 0.4) is 0 Å². The summed E-state index contributed by atoms with van der Waals surface area (Å²) >= 11 is 6.12. The summed E-state index contributed by atoms with van der Waals surface area (Å²) in [5.41, 5.74) is -0.192. The minimum atomic E-state index is -1.38. The van der Waals surface area contributed by atoms with Gasteiger partial charge in [-0.15, -0.1) is 0 Å². The summed E-state index contributed by atoms with van der Waals surface area (Å²) in [4.78, 5) is 36.7. The van der Waals surface area contributed by atoms with Crippen LogP contribution in [0.25, 0.3) is 0 Å². The van der Waals surface area contributed by atoms with Crippen LogP contribution in [0.4, 0.5) is 4.79 Å². The SMILES string of the molecule is C=CCOC(=O)NC(C(C)=O)[C@H](OCc1ccccc1Cl)C(=O)OC(C)(C)C. The fraction of sp³-hybridized carbons (Fsp3) is 0.450. The van der Waals surface area contributed by atoms with Gasteiger partial charge in [-0.2, -0.15) is 0 Å². The second-order valence-corrected chi connectivity index (χ2v) is 7.38. The third kappa shape index (κ3) is 8.10. The summed E-state index contributed by atoms with van der Waals surface area (Å²) in [6.07, 6.45) is -0.888. The Morgan fingerprint density at radius 2 is 1.89 bits per heavy atom. The Bertz CT molecular complexity index is 713. The normalized spacial score (nSPS) is 13.2. The number of hydrogen-bond acceptors (Lipinski definition) is 6. The van der Waals surface area contributed by atoms with Gasteiger partial charge in [-0.05, 0) is 39.3 Å². The minimum Gasteiger partial charge on any atom is -0.458 e. The van der Waals surface area contributed by atoms with Gasteiger partial charge in [-0.3, -0.25) is 4.79 Å². The van der Waals surface area contributed by atoms with Crippen LogP contribution >= 0.6 is 11.6 Å². The van der Waals surface area contributed by atoms with E-state index in [-0.39, 0.29) is 13.2 Å². The quantitative estimate of drug-likeness (QED) is 0.494. The van der Waals surface area contributed by atoms with Gasteiger partial charge in [0.1, 0.15) is 18.2 Å². The van der Waals surface area contributed by atoms with Crippen LogP contribution in [0, 0.1) is 0 Å². The van der Waals surface area contributed by atoms with Crippen LogP contribution in [0.15, 0.2) is 36.9 Å². The van der Waals surface area contributed by atoms with Gasteiger partial charge < -0.3 is 19.5 Å². The predicted molar refractivity (Wildman–Crippen MR) is 105 cm³/mol.